The Kier molecular flexibility index (Phi) is 4.81. The molecule has 0 fully saturated rings. The summed E-state index contributed by atoms with van der Waals surface area (Å²) in [7, 11) is -2.20. The van der Waals surface area contributed by atoms with E-state index in [1.54, 1.807) is 13.0 Å². The molecule has 1 atom stereocenters. The Balaban J connectivity index is 3.24. The van der Waals surface area contributed by atoms with Crippen LogP contribution >= 0.6 is 0 Å². The summed E-state index contributed by atoms with van der Waals surface area (Å²) in [6, 6.07) is 2.89. The van der Waals surface area contributed by atoms with E-state index in [1.165, 1.54) is 13.2 Å². The van der Waals surface area contributed by atoms with Crippen molar-refractivity contribution in [3.05, 3.63) is 17.7 Å². The van der Waals surface area contributed by atoms with Gasteiger partial charge in [-0.3, -0.25) is 0 Å². The van der Waals surface area contributed by atoms with Crippen LogP contribution in [0.3, 0.4) is 0 Å². The zero-order valence-corrected chi connectivity index (χ0v) is 12.8. The number of nitrogen functional groups attached to an aromatic ring is 1. The van der Waals surface area contributed by atoms with Crippen LogP contribution in [0.4, 0.5) is 5.69 Å². The van der Waals surface area contributed by atoms with Crippen LogP contribution in [-0.4, -0.2) is 21.6 Å². The molecule has 19 heavy (non-hydrogen) atoms. The minimum Gasteiger partial charge on any atom is -0.495 e. The first-order valence-electron chi connectivity index (χ1n) is 6.15. The van der Waals surface area contributed by atoms with Crippen LogP contribution < -0.4 is 15.2 Å². The van der Waals surface area contributed by atoms with E-state index in [0.717, 1.165) is 5.56 Å². The molecule has 1 rings (SSSR count). The van der Waals surface area contributed by atoms with Crippen LogP contribution in [0.2, 0.25) is 0 Å². The molecule has 6 heteroatoms. The van der Waals surface area contributed by atoms with E-state index in [2.05, 4.69) is 4.72 Å². The van der Waals surface area contributed by atoms with E-state index in [0.29, 0.717) is 11.4 Å². The van der Waals surface area contributed by atoms with Crippen LogP contribution in [0, 0.1) is 12.8 Å². The zero-order valence-electron chi connectivity index (χ0n) is 12.0. The van der Waals surface area contributed by atoms with E-state index < -0.39 is 10.0 Å². The molecular formula is C13H22N2O3S. The van der Waals surface area contributed by atoms with Crippen LogP contribution in [-0.2, 0) is 10.0 Å². The molecule has 1 unspecified atom stereocenters. The fraction of sp³-hybridized carbons (Fsp3) is 0.538. The number of benzene rings is 1. The lowest BCUT2D eigenvalue weighted by atomic mass is 10.1. The van der Waals surface area contributed by atoms with Gasteiger partial charge in [0.1, 0.15) is 10.6 Å². The van der Waals surface area contributed by atoms with Gasteiger partial charge in [-0.25, -0.2) is 13.1 Å². The Bertz CT molecular complexity index is 553. The summed E-state index contributed by atoms with van der Waals surface area (Å²) >= 11 is 0. The van der Waals surface area contributed by atoms with Crippen LogP contribution in [0.15, 0.2) is 17.0 Å². The summed E-state index contributed by atoms with van der Waals surface area (Å²) < 4.78 is 32.5. The Morgan fingerprint density at radius 2 is 1.84 bits per heavy atom. The highest BCUT2D eigenvalue weighted by Gasteiger charge is 2.23. The first kappa shape index (κ1) is 15.8. The molecule has 1 aromatic rings. The number of hydrogen-bond donors (Lipinski definition) is 2. The van der Waals surface area contributed by atoms with Crippen molar-refractivity contribution in [2.24, 2.45) is 5.92 Å². The van der Waals surface area contributed by atoms with E-state index in [1.807, 2.05) is 20.8 Å². The van der Waals surface area contributed by atoms with Crippen molar-refractivity contribution in [2.45, 2.75) is 38.6 Å². The van der Waals surface area contributed by atoms with Gasteiger partial charge >= 0.3 is 0 Å². The number of ether oxygens (including phenoxy) is 1. The Morgan fingerprint density at radius 3 is 2.32 bits per heavy atom. The van der Waals surface area contributed by atoms with Gasteiger partial charge in [0.15, 0.2) is 0 Å². The highest BCUT2D eigenvalue weighted by molar-refractivity contribution is 7.89. The smallest absolute Gasteiger partial charge is 0.244 e. The number of aryl methyl sites for hydroxylation is 1. The summed E-state index contributed by atoms with van der Waals surface area (Å²) in [5.74, 6) is 0.499. The van der Waals surface area contributed by atoms with Gasteiger partial charge in [0, 0.05) is 11.7 Å². The second-order valence-corrected chi connectivity index (χ2v) is 6.70. The lowest BCUT2D eigenvalue weighted by Gasteiger charge is -2.19. The molecule has 0 saturated heterocycles. The van der Waals surface area contributed by atoms with Crippen molar-refractivity contribution < 1.29 is 13.2 Å². The molecule has 0 spiro atoms. The van der Waals surface area contributed by atoms with Gasteiger partial charge in [-0.15, -0.1) is 0 Å². The van der Waals surface area contributed by atoms with Gasteiger partial charge in [-0.05, 0) is 37.5 Å². The Hall–Kier alpha value is -1.27. The summed E-state index contributed by atoms with van der Waals surface area (Å²) in [5.41, 5.74) is 7.00. The van der Waals surface area contributed by atoms with Crippen LogP contribution in [0.1, 0.15) is 26.3 Å². The second kappa shape index (κ2) is 5.79. The maximum Gasteiger partial charge on any atom is 0.244 e. The number of hydrogen-bond acceptors (Lipinski definition) is 4. The summed E-state index contributed by atoms with van der Waals surface area (Å²) in [5, 5.41) is 0. The summed E-state index contributed by atoms with van der Waals surface area (Å²) in [4.78, 5) is 0.0746. The minimum absolute atomic E-state index is 0.0746. The minimum atomic E-state index is -3.64. The molecule has 0 aromatic heterocycles. The Labute approximate surface area is 115 Å². The van der Waals surface area contributed by atoms with Crippen LogP contribution in [0.5, 0.6) is 5.75 Å². The first-order valence-corrected chi connectivity index (χ1v) is 7.63. The standard InChI is InChI=1S/C13H22N2O3S/c1-8(2)10(4)15-19(16,17)13-7-11(14)9(3)6-12(13)18-5/h6-8,10,15H,14H2,1-5H3. The summed E-state index contributed by atoms with van der Waals surface area (Å²) in [6.45, 7) is 7.53. The SMILES string of the molecule is COc1cc(C)c(N)cc1S(=O)(=O)NC(C)C(C)C. The molecule has 0 aliphatic rings. The lowest BCUT2D eigenvalue weighted by Crippen LogP contribution is -2.36. The molecule has 5 nitrogen and oxygen atoms in total. The largest absolute Gasteiger partial charge is 0.495 e. The second-order valence-electron chi connectivity index (χ2n) is 5.01. The monoisotopic (exact) mass is 286 g/mol. The third kappa shape index (κ3) is 3.61. The summed E-state index contributed by atoms with van der Waals surface area (Å²) in [6.07, 6.45) is 0. The third-order valence-corrected chi connectivity index (χ3v) is 4.76. The van der Waals surface area contributed by atoms with Gasteiger partial charge < -0.3 is 10.5 Å². The predicted molar refractivity (Wildman–Crippen MR) is 76.8 cm³/mol. The topological polar surface area (TPSA) is 81.4 Å². The molecule has 0 radical (unpaired) electrons. The average Bonchev–Trinajstić information content (AvgIpc) is 2.31. The average molecular weight is 286 g/mol. The fourth-order valence-corrected chi connectivity index (χ4v) is 3.07. The van der Waals surface area contributed by atoms with E-state index >= 15 is 0 Å². The van der Waals surface area contributed by atoms with Gasteiger partial charge in [-0.1, -0.05) is 13.8 Å². The lowest BCUT2D eigenvalue weighted by molar-refractivity contribution is 0.401. The molecule has 0 aliphatic heterocycles. The van der Waals surface area contributed by atoms with Gasteiger partial charge in [0.2, 0.25) is 10.0 Å². The fourth-order valence-electron chi connectivity index (χ4n) is 1.49. The van der Waals surface area contributed by atoms with Crippen LogP contribution in [0.25, 0.3) is 0 Å². The maximum atomic E-state index is 12.3. The van der Waals surface area contributed by atoms with E-state index in [-0.39, 0.29) is 16.9 Å². The number of nitrogens with one attached hydrogen (secondary N) is 1. The van der Waals surface area contributed by atoms with Gasteiger partial charge in [-0.2, -0.15) is 0 Å². The van der Waals surface area contributed by atoms with Crippen molar-refractivity contribution in [1.29, 1.82) is 0 Å². The highest BCUT2D eigenvalue weighted by atomic mass is 32.2. The van der Waals surface area contributed by atoms with E-state index in [9.17, 15) is 8.42 Å². The molecule has 0 bridgehead atoms. The highest BCUT2D eigenvalue weighted by Crippen LogP contribution is 2.29. The maximum absolute atomic E-state index is 12.3. The first-order chi connectivity index (χ1) is 8.69. The Morgan fingerprint density at radius 1 is 1.26 bits per heavy atom. The zero-order chi connectivity index (χ0) is 14.8. The molecule has 1 aromatic carbocycles. The predicted octanol–water partition coefficient (Wildman–Crippen LogP) is 1.91. The van der Waals surface area contributed by atoms with Crippen molar-refractivity contribution >= 4 is 15.7 Å². The molecule has 0 heterocycles. The number of anilines is 1. The van der Waals surface area contributed by atoms with E-state index in [4.69, 9.17) is 10.5 Å². The van der Waals surface area contributed by atoms with Crippen molar-refractivity contribution in [1.82, 2.24) is 4.72 Å². The molecule has 0 saturated carbocycles. The molecule has 0 amide bonds. The van der Waals surface area contributed by atoms with Crippen molar-refractivity contribution in [2.75, 3.05) is 12.8 Å². The number of sulfonamides is 1. The quantitative estimate of drug-likeness (QED) is 0.810. The molecular weight excluding hydrogens is 264 g/mol. The number of methoxy groups -OCH3 is 1. The number of nitrogens with two attached hydrogens (primary N) is 1. The normalized spacial score (nSPS) is 13.6. The van der Waals surface area contributed by atoms with Crippen molar-refractivity contribution in [3.8, 4) is 5.75 Å². The molecule has 0 aliphatic carbocycles. The van der Waals surface area contributed by atoms with Crippen molar-refractivity contribution in [3.63, 3.8) is 0 Å². The number of rotatable bonds is 5. The van der Waals surface area contributed by atoms with Gasteiger partial charge in [0.25, 0.3) is 0 Å². The molecule has 3 N–H and O–H groups in total. The third-order valence-electron chi connectivity index (χ3n) is 3.18. The molecule has 108 valence electrons. The van der Waals surface area contributed by atoms with Gasteiger partial charge in [0.05, 0.1) is 7.11 Å².